The second-order valence-corrected chi connectivity index (χ2v) is 8.26. The Balaban J connectivity index is 0.00000182. The largest absolute Gasteiger partial charge is 0.337 e. The molecule has 5 nitrogen and oxygen atoms in total. The Morgan fingerprint density at radius 2 is 1.48 bits per heavy atom. The molecule has 0 aromatic rings. The van der Waals surface area contributed by atoms with Crippen molar-refractivity contribution in [3.8, 4) is 6.07 Å². The van der Waals surface area contributed by atoms with Crippen LogP contribution in [0.1, 0.15) is 70.6 Å². The minimum atomic E-state index is -0.611. The zero-order valence-corrected chi connectivity index (χ0v) is 18.1. The Hall–Kier alpha value is -0.540. The summed E-state index contributed by atoms with van der Waals surface area (Å²) in [4.78, 5) is 17.5. The summed E-state index contributed by atoms with van der Waals surface area (Å²) in [7, 11) is 0. The first-order valence-corrected chi connectivity index (χ1v) is 10.4. The maximum atomic E-state index is 12.5. The molecule has 3 rings (SSSR count). The lowest BCUT2D eigenvalue weighted by Gasteiger charge is -2.40. The molecule has 1 amide bonds. The van der Waals surface area contributed by atoms with E-state index in [4.69, 9.17) is 0 Å². The fourth-order valence-electron chi connectivity index (χ4n) is 4.83. The van der Waals surface area contributed by atoms with Gasteiger partial charge in [0.05, 0.1) is 12.6 Å². The van der Waals surface area contributed by atoms with E-state index in [1.165, 1.54) is 58.0 Å². The van der Waals surface area contributed by atoms with E-state index in [2.05, 4.69) is 21.2 Å². The lowest BCUT2D eigenvalue weighted by atomic mass is 9.92. The van der Waals surface area contributed by atoms with E-state index in [1.807, 2.05) is 0 Å². The first-order valence-electron chi connectivity index (χ1n) is 10.4. The van der Waals surface area contributed by atoms with Gasteiger partial charge in [-0.25, -0.2) is 0 Å². The molecule has 27 heavy (non-hydrogen) atoms. The number of likely N-dealkylation sites (tertiary alicyclic amines) is 2. The predicted molar refractivity (Wildman–Crippen MR) is 114 cm³/mol. The highest BCUT2D eigenvalue weighted by atomic mass is 35.5. The Morgan fingerprint density at radius 1 is 0.926 bits per heavy atom. The number of hydrogen-bond acceptors (Lipinski definition) is 4. The third-order valence-electron chi connectivity index (χ3n) is 6.38. The summed E-state index contributed by atoms with van der Waals surface area (Å²) < 4.78 is 0. The Morgan fingerprint density at radius 3 is 2.04 bits per heavy atom. The molecule has 0 spiro atoms. The van der Waals surface area contributed by atoms with Crippen LogP contribution in [0.5, 0.6) is 0 Å². The Bertz CT molecular complexity index is 475. The summed E-state index contributed by atoms with van der Waals surface area (Å²) in [5.74, 6) is 0.0415. The number of rotatable bonds is 4. The normalized spacial score (nSPS) is 24.6. The van der Waals surface area contributed by atoms with E-state index >= 15 is 0 Å². The smallest absolute Gasteiger partial charge is 0.235 e. The van der Waals surface area contributed by atoms with Crippen molar-refractivity contribution in [1.29, 1.82) is 5.26 Å². The molecule has 2 heterocycles. The molecule has 0 radical (unpaired) electrons. The number of carbonyl (C=O) groups excluding carboxylic acids is 1. The zero-order chi connectivity index (χ0) is 17.5. The molecule has 0 unspecified atom stereocenters. The highest BCUT2D eigenvalue weighted by molar-refractivity contribution is 5.85. The Kier molecular flexibility index (Phi) is 11.0. The van der Waals surface area contributed by atoms with Crippen LogP contribution in [-0.4, -0.2) is 60.0 Å². The van der Waals surface area contributed by atoms with Crippen molar-refractivity contribution in [2.75, 3.05) is 32.7 Å². The van der Waals surface area contributed by atoms with Crippen LogP contribution in [0.15, 0.2) is 0 Å². The summed E-state index contributed by atoms with van der Waals surface area (Å²) >= 11 is 0. The van der Waals surface area contributed by atoms with E-state index < -0.39 is 5.54 Å². The van der Waals surface area contributed by atoms with E-state index in [1.54, 1.807) is 0 Å². The Labute approximate surface area is 177 Å². The third-order valence-corrected chi connectivity index (χ3v) is 6.38. The van der Waals surface area contributed by atoms with Crippen LogP contribution in [0.4, 0.5) is 0 Å². The summed E-state index contributed by atoms with van der Waals surface area (Å²) in [6.45, 7) is 4.99. The number of hydrogen-bond donors (Lipinski definition) is 1. The molecule has 7 heteroatoms. The summed E-state index contributed by atoms with van der Waals surface area (Å²) in [5, 5.41) is 12.7. The predicted octanol–water partition coefficient (Wildman–Crippen LogP) is 3.51. The summed E-state index contributed by atoms with van der Waals surface area (Å²) in [6.07, 6.45) is 12.5. The maximum Gasteiger partial charge on any atom is 0.235 e. The van der Waals surface area contributed by atoms with Crippen molar-refractivity contribution in [1.82, 2.24) is 15.1 Å². The molecular weight excluding hydrogens is 383 g/mol. The first-order chi connectivity index (χ1) is 12.2. The van der Waals surface area contributed by atoms with Gasteiger partial charge in [-0.05, 0) is 51.6 Å². The van der Waals surface area contributed by atoms with E-state index in [0.717, 1.165) is 38.8 Å². The van der Waals surface area contributed by atoms with Gasteiger partial charge in [-0.15, -0.1) is 24.8 Å². The van der Waals surface area contributed by atoms with Crippen molar-refractivity contribution >= 4 is 30.7 Å². The topological polar surface area (TPSA) is 59.4 Å². The minimum Gasteiger partial charge on any atom is -0.337 e. The van der Waals surface area contributed by atoms with Crippen molar-refractivity contribution < 1.29 is 4.79 Å². The molecule has 0 aromatic carbocycles. The molecule has 2 aliphatic heterocycles. The van der Waals surface area contributed by atoms with Crippen molar-refractivity contribution in [3.05, 3.63) is 0 Å². The fraction of sp³-hybridized carbons (Fsp3) is 0.900. The molecule has 1 N–H and O–H groups in total. The molecule has 0 atom stereocenters. The maximum absolute atomic E-state index is 12.5. The van der Waals surface area contributed by atoms with Crippen molar-refractivity contribution in [3.63, 3.8) is 0 Å². The van der Waals surface area contributed by atoms with Crippen LogP contribution in [0.2, 0.25) is 0 Å². The standard InChI is InChI=1S/C20H34N4O.2ClH/c21-17-20(10-4-1-2-5-11-20)22-19(25)16-23-14-8-18(9-15-23)24-12-6-3-7-13-24;;/h18H,1-16H2,(H,22,25);2*1H. The molecule has 0 aromatic heterocycles. The molecule has 1 aliphatic carbocycles. The van der Waals surface area contributed by atoms with E-state index in [9.17, 15) is 10.1 Å². The third kappa shape index (κ3) is 7.09. The number of amides is 1. The van der Waals surface area contributed by atoms with Crippen LogP contribution in [0.3, 0.4) is 0 Å². The molecule has 0 bridgehead atoms. The number of nitriles is 1. The van der Waals surface area contributed by atoms with Gasteiger partial charge < -0.3 is 10.2 Å². The van der Waals surface area contributed by atoms with Crippen LogP contribution in [0, 0.1) is 11.3 Å². The average Bonchev–Trinajstić information content (AvgIpc) is 2.89. The molecular formula is C20H36Cl2N4O. The highest BCUT2D eigenvalue weighted by Crippen LogP contribution is 2.27. The molecule has 3 aliphatic rings. The lowest BCUT2D eigenvalue weighted by molar-refractivity contribution is -0.124. The van der Waals surface area contributed by atoms with Crippen molar-refractivity contribution in [2.24, 2.45) is 0 Å². The van der Waals surface area contributed by atoms with Gasteiger partial charge in [-0.2, -0.15) is 5.26 Å². The van der Waals surface area contributed by atoms with Crippen LogP contribution >= 0.6 is 24.8 Å². The van der Waals surface area contributed by atoms with E-state index in [0.29, 0.717) is 12.6 Å². The second-order valence-electron chi connectivity index (χ2n) is 8.26. The number of nitrogens with one attached hydrogen (secondary N) is 1. The molecule has 156 valence electrons. The van der Waals surface area contributed by atoms with E-state index in [-0.39, 0.29) is 30.7 Å². The van der Waals surface area contributed by atoms with Crippen molar-refractivity contribution in [2.45, 2.75) is 82.2 Å². The quantitative estimate of drug-likeness (QED) is 0.709. The number of piperidine rings is 2. The van der Waals surface area contributed by atoms with Gasteiger partial charge >= 0.3 is 0 Å². The monoisotopic (exact) mass is 418 g/mol. The summed E-state index contributed by atoms with van der Waals surface area (Å²) in [5.41, 5.74) is -0.611. The fourth-order valence-corrected chi connectivity index (χ4v) is 4.83. The average molecular weight is 419 g/mol. The molecule has 2 saturated heterocycles. The summed E-state index contributed by atoms with van der Waals surface area (Å²) in [6, 6.07) is 3.13. The number of nitrogens with zero attached hydrogens (tertiary/aromatic N) is 3. The van der Waals surface area contributed by atoms with Crippen LogP contribution in [0.25, 0.3) is 0 Å². The SMILES string of the molecule is Cl.Cl.N#CC1(NC(=O)CN2CCC(N3CCCCC3)CC2)CCCCCC1. The minimum absolute atomic E-state index is 0. The number of carbonyl (C=O) groups is 1. The first kappa shape index (κ1) is 24.5. The second kappa shape index (κ2) is 12.1. The number of halogens is 2. The zero-order valence-electron chi connectivity index (χ0n) is 16.5. The molecule has 3 fully saturated rings. The van der Waals surface area contributed by atoms with Gasteiger partial charge in [0.15, 0.2) is 0 Å². The lowest BCUT2D eigenvalue weighted by Crippen LogP contribution is -2.52. The van der Waals surface area contributed by atoms with Gasteiger partial charge in [0, 0.05) is 19.1 Å². The van der Waals surface area contributed by atoms with Gasteiger partial charge in [0.1, 0.15) is 5.54 Å². The molecule has 1 saturated carbocycles. The van der Waals surface area contributed by atoms with Gasteiger partial charge in [-0.1, -0.05) is 32.1 Å². The highest BCUT2D eigenvalue weighted by Gasteiger charge is 2.33. The van der Waals surface area contributed by atoms with Crippen LogP contribution < -0.4 is 5.32 Å². The van der Waals surface area contributed by atoms with Gasteiger partial charge in [-0.3, -0.25) is 9.69 Å². The van der Waals surface area contributed by atoms with Crippen LogP contribution in [-0.2, 0) is 4.79 Å². The van der Waals surface area contributed by atoms with Gasteiger partial charge in [0.2, 0.25) is 5.91 Å². The van der Waals surface area contributed by atoms with Gasteiger partial charge in [0.25, 0.3) is 0 Å².